The number of hydrogen-bond acceptors (Lipinski definition) is 3. The molecule has 0 atom stereocenters. The number of nitrogens with one attached hydrogen (secondary N) is 3. The summed E-state index contributed by atoms with van der Waals surface area (Å²) < 4.78 is 1.99. The number of aromatic nitrogens is 3. The summed E-state index contributed by atoms with van der Waals surface area (Å²) >= 11 is 0. The van der Waals surface area contributed by atoms with Crippen LogP contribution in [0.1, 0.15) is 45.4 Å². The summed E-state index contributed by atoms with van der Waals surface area (Å²) in [5, 5.41) is 6.71. The van der Waals surface area contributed by atoms with Gasteiger partial charge in [-0.2, -0.15) is 0 Å². The van der Waals surface area contributed by atoms with E-state index in [1.807, 2.05) is 48.1 Å². The summed E-state index contributed by atoms with van der Waals surface area (Å²) in [5.74, 6) is 0. The van der Waals surface area contributed by atoms with Crippen molar-refractivity contribution in [3.63, 3.8) is 0 Å². The maximum atomic E-state index is 12.9. The van der Waals surface area contributed by atoms with E-state index in [1.54, 1.807) is 12.1 Å². The number of unbranched alkanes of at least 4 members (excludes halogenated alkanes) is 5. The topological polar surface area (TPSA) is 91.8 Å². The van der Waals surface area contributed by atoms with Gasteiger partial charge in [0, 0.05) is 41.9 Å². The van der Waals surface area contributed by atoms with Gasteiger partial charge in [0.2, 0.25) is 0 Å². The number of carbonyl (C=O) groups is 1. The molecular weight excluding hydrogens is 414 g/mol. The molecule has 2 heterocycles. The van der Waals surface area contributed by atoms with E-state index in [2.05, 4.69) is 27.5 Å². The Balaban J connectivity index is 1.45. The average Bonchev–Trinajstić information content (AvgIpc) is 3.14. The average molecular weight is 446 g/mol. The number of rotatable bonds is 9. The predicted octanol–water partition coefficient (Wildman–Crippen LogP) is 5.56. The van der Waals surface area contributed by atoms with E-state index in [1.165, 1.54) is 25.7 Å². The van der Waals surface area contributed by atoms with Crippen LogP contribution in [-0.2, 0) is 7.05 Å². The van der Waals surface area contributed by atoms with Crippen molar-refractivity contribution in [1.29, 1.82) is 0 Å². The van der Waals surface area contributed by atoms with Crippen molar-refractivity contribution in [1.82, 2.24) is 19.9 Å². The van der Waals surface area contributed by atoms with Crippen LogP contribution >= 0.6 is 0 Å². The van der Waals surface area contributed by atoms with Gasteiger partial charge in [0.15, 0.2) is 0 Å². The van der Waals surface area contributed by atoms with E-state index in [0.717, 1.165) is 29.3 Å². The number of urea groups is 1. The summed E-state index contributed by atoms with van der Waals surface area (Å²) in [6.45, 7) is 2.85. The van der Waals surface area contributed by atoms with Gasteiger partial charge in [0.1, 0.15) is 5.69 Å². The minimum atomic E-state index is -0.261. The summed E-state index contributed by atoms with van der Waals surface area (Å²) in [6.07, 6.45) is 9.01. The first kappa shape index (κ1) is 22.6. The van der Waals surface area contributed by atoms with Crippen LogP contribution < -0.4 is 16.2 Å². The van der Waals surface area contributed by atoms with E-state index in [-0.39, 0.29) is 11.6 Å². The van der Waals surface area contributed by atoms with Gasteiger partial charge >= 0.3 is 6.03 Å². The Morgan fingerprint density at radius 2 is 1.85 bits per heavy atom. The molecule has 3 N–H and O–H groups in total. The van der Waals surface area contributed by atoms with Crippen LogP contribution in [-0.4, -0.2) is 27.1 Å². The van der Waals surface area contributed by atoms with Gasteiger partial charge in [-0.15, -0.1) is 0 Å². The van der Waals surface area contributed by atoms with Gasteiger partial charge in [-0.25, -0.2) is 9.78 Å². The Hall–Kier alpha value is -3.61. The summed E-state index contributed by atoms with van der Waals surface area (Å²) in [4.78, 5) is 32.6. The second-order valence-electron chi connectivity index (χ2n) is 8.47. The highest BCUT2D eigenvalue weighted by molar-refractivity contribution is 5.96. The highest BCUT2D eigenvalue weighted by Gasteiger charge is 2.14. The number of H-pyrrole nitrogens is 1. The van der Waals surface area contributed by atoms with Crippen molar-refractivity contribution >= 4 is 33.7 Å². The first-order valence-electron chi connectivity index (χ1n) is 11.7. The molecule has 0 aliphatic carbocycles. The van der Waals surface area contributed by atoms with Crippen molar-refractivity contribution in [3.8, 4) is 11.3 Å². The Kier molecular flexibility index (Phi) is 7.07. The fourth-order valence-electron chi connectivity index (χ4n) is 4.16. The fraction of sp³-hybridized carbons (Fsp3) is 0.346. The third-order valence-corrected chi connectivity index (χ3v) is 5.92. The molecule has 2 amide bonds. The van der Waals surface area contributed by atoms with Crippen molar-refractivity contribution in [3.05, 3.63) is 59.0 Å². The molecule has 0 bridgehead atoms. The molecule has 33 heavy (non-hydrogen) atoms. The number of anilines is 1. The van der Waals surface area contributed by atoms with Crippen molar-refractivity contribution in [2.24, 2.45) is 7.05 Å². The number of aryl methyl sites for hydroxylation is 1. The molecule has 0 aliphatic rings. The first-order valence-corrected chi connectivity index (χ1v) is 11.7. The van der Waals surface area contributed by atoms with Crippen LogP contribution in [0.4, 0.5) is 10.5 Å². The maximum absolute atomic E-state index is 12.9. The third-order valence-electron chi connectivity index (χ3n) is 5.92. The number of fused-ring (bicyclic) bond motifs is 2. The Labute approximate surface area is 193 Å². The lowest BCUT2D eigenvalue weighted by Gasteiger charge is -2.09. The fourth-order valence-corrected chi connectivity index (χ4v) is 4.16. The smallest absolute Gasteiger partial charge is 0.319 e. The molecule has 4 rings (SSSR count). The number of nitrogens with zero attached hydrogens (tertiary/aromatic N) is 2. The molecule has 0 radical (unpaired) electrons. The second kappa shape index (κ2) is 10.3. The number of amides is 2. The van der Waals surface area contributed by atoms with E-state index in [4.69, 9.17) is 0 Å². The SMILES string of the molecule is CCCCCCCCNC(=O)Nc1ccc2nc(-c3cn(C)c4ccccc34)c(=O)[nH]c2c1. The molecule has 2 aromatic carbocycles. The van der Waals surface area contributed by atoms with Gasteiger partial charge in [0.05, 0.1) is 11.0 Å². The number of benzene rings is 2. The molecule has 0 spiro atoms. The van der Waals surface area contributed by atoms with E-state index in [9.17, 15) is 9.59 Å². The Morgan fingerprint density at radius 3 is 2.70 bits per heavy atom. The summed E-state index contributed by atoms with van der Waals surface area (Å²) in [5.41, 5.74) is 3.82. The highest BCUT2D eigenvalue weighted by Crippen LogP contribution is 2.28. The summed E-state index contributed by atoms with van der Waals surface area (Å²) in [6, 6.07) is 13.0. The molecule has 0 aliphatic heterocycles. The van der Waals surface area contributed by atoms with E-state index in [0.29, 0.717) is 29.0 Å². The van der Waals surface area contributed by atoms with Gasteiger partial charge in [-0.1, -0.05) is 57.2 Å². The lowest BCUT2D eigenvalue weighted by atomic mass is 10.1. The van der Waals surface area contributed by atoms with Crippen molar-refractivity contribution in [2.45, 2.75) is 45.4 Å². The number of carbonyl (C=O) groups excluding carboxylic acids is 1. The zero-order valence-corrected chi connectivity index (χ0v) is 19.3. The van der Waals surface area contributed by atoms with Gasteiger partial charge in [0.25, 0.3) is 5.56 Å². The quantitative estimate of drug-likeness (QED) is 0.294. The van der Waals surface area contributed by atoms with Crippen LogP contribution in [0.5, 0.6) is 0 Å². The lowest BCUT2D eigenvalue weighted by molar-refractivity contribution is 0.252. The van der Waals surface area contributed by atoms with Gasteiger partial charge in [-0.3, -0.25) is 4.79 Å². The van der Waals surface area contributed by atoms with Crippen molar-refractivity contribution < 1.29 is 4.79 Å². The standard InChI is InChI=1S/C26H31N5O2/c1-3-4-5-6-7-10-15-27-26(33)28-18-13-14-21-22(16-18)30-25(32)24(29-21)20-17-31(2)23-12-9-8-11-19(20)23/h8-9,11-14,16-17H,3-7,10,15H2,1-2H3,(H,30,32)(H2,27,28,33). The molecule has 4 aromatic rings. The third kappa shape index (κ3) is 5.25. The van der Waals surface area contributed by atoms with E-state index < -0.39 is 0 Å². The monoisotopic (exact) mass is 445 g/mol. The largest absolute Gasteiger partial charge is 0.350 e. The predicted molar refractivity (Wildman–Crippen MR) is 135 cm³/mol. The number of para-hydroxylation sites is 1. The molecule has 7 heteroatoms. The summed E-state index contributed by atoms with van der Waals surface area (Å²) in [7, 11) is 1.95. The van der Waals surface area contributed by atoms with E-state index >= 15 is 0 Å². The van der Waals surface area contributed by atoms with Crippen LogP contribution in [0.25, 0.3) is 33.2 Å². The molecule has 0 saturated heterocycles. The maximum Gasteiger partial charge on any atom is 0.319 e. The molecule has 2 aromatic heterocycles. The highest BCUT2D eigenvalue weighted by atomic mass is 16.2. The molecule has 7 nitrogen and oxygen atoms in total. The lowest BCUT2D eigenvalue weighted by Crippen LogP contribution is -2.29. The van der Waals surface area contributed by atoms with Crippen molar-refractivity contribution in [2.75, 3.05) is 11.9 Å². The zero-order valence-electron chi connectivity index (χ0n) is 19.3. The number of hydrogen-bond donors (Lipinski definition) is 3. The molecule has 172 valence electrons. The second-order valence-corrected chi connectivity index (χ2v) is 8.47. The minimum Gasteiger partial charge on any atom is -0.350 e. The minimum absolute atomic E-state index is 0.245. The molecular formula is C26H31N5O2. The molecule has 0 unspecified atom stereocenters. The van der Waals surface area contributed by atoms with Crippen LogP contribution in [0.15, 0.2) is 53.5 Å². The zero-order chi connectivity index (χ0) is 23.2. The van der Waals surface area contributed by atoms with Crippen LogP contribution in [0.3, 0.4) is 0 Å². The molecule has 0 saturated carbocycles. The first-order chi connectivity index (χ1) is 16.1. The Morgan fingerprint density at radius 1 is 1.06 bits per heavy atom. The Bertz CT molecular complexity index is 1320. The van der Waals surface area contributed by atoms with Gasteiger partial charge < -0.3 is 20.2 Å². The van der Waals surface area contributed by atoms with Crippen LogP contribution in [0.2, 0.25) is 0 Å². The van der Waals surface area contributed by atoms with Gasteiger partial charge in [-0.05, 0) is 30.7 Å². The normalized spacial score (nSPS) is 11.2. The number of aromatic amines is 1. The molecule has 0 fully saturated rings. The van der Waals surface area contributed by atoms with Crippen LogP contribution in [0, 0.1) is 0 Å².